The summed E-state index contributed by atoms with van der Waals surface area (Å²) in [7, 11) is 0. The molecule has 0 atom stereocenters. The minimum Gasteiger partial charge on any atom is -0.324 e. The van der Waals surface area contributed by atoms with Crippen LogP contribution in [0.1, 0.15) is 5.82 Å². The average molecular weight is 282 g/mol. The van der Waals surface area contributed by atoms with Crippen LogP contribution in [0.25, 0.3) is 11.3 Å². The second kappa shape index (κ2) is 4.67. The van der Waals surface area contributed by atoms with Gasteiger partial charge in [-0.05, 0) is 24.3 Å². The highest BCUT2D eigenvalue weighted by atomic mass is 79.9. The Kier molecular flexibility index (Phi) is 3.26. The van der Waals surface area contributed by atoms with Gasteiger partial charge >= 0.3 is 0 Å². The van der Waals surface area contributed by atoms with Gasteiger partial charge in [0.25, 0.3) is 0 Å². The van der Waals surface area contributed by atoms with E-state index < -0.39 is 0 Å². The zero-order valence-electron chi connectivity index (χ0n) is 8.32. The topological polar surface area (TPSA) is 51.8 Å². The number of rotatable bonds is 2. The zero-order chi connectivity index (χ0) is 11.5. The fraction of sp³-hybridized carbons (Fsp3) is 0.0909. The van der Waals surface area contributed by atoms with Crippen molar-refractivity contribution in [1.82, 2.24) is 9.97 Å². The molecule has 0 aliphatic carbocycles. The molecule has 0 spiro atoms. The van der Waals surface area contributed by atoms with Gasteiger partial charge in [-0.3, -0.25) is 0 Å². The van der Waals surface area contributed by atoms with Gasteiger partial charge in [-0.2, -0.15) is 0 Å². The van der Waals surface area contributed by atoms with Crippen molar-refractivity contribution >= 4 is 15.9 Å². The zero-order valence-corrected chi connectivity index (χ0v) is 9.91. The predicted octanol–water partition coefficient (Wildman–Crippen LogP) is 2.50. The first kappa shape index (κ1) is 11.2. The molecule has 2 N–H and O–H groups in total. The number of hydrogen-bond donors (Lipinski definition) is 1. The standard InChI is InChI=1S/C11H9BrFN3/c12-7-1-2-9(13)8(5-7)10-3-4-15-11(6-14)16-10/h1-5H,6,14H2. The van der Waals surface area contributed by atoms with Crippen LogP contribution in [0, 0.1) is 5.82 Å². The van der Waals surface area contributed by atoms with Crippen LogP contribution in [0.5, 0.6) is 0 Å². The van der Waals surface area contributed by atoms with Crippen LogP contribution in [-0.4, -0.2) is 9.97 Å². The molecule has 0 saturated carbocycles. The van der Waals surface area contributed by atoms with Crippen molar-refractivity contribution in [2.24, 2.45) is 5.73 Å². The molecule has 0 saturated heterocycles. The van der Waals surface area contributed by atoms with Crippen LogP contribution in [0.4, 0.5) is 4.39 Å². The summed E-state index contributed by atoms with van der Waals surface area (Å²) in [5.41, 5.74) is 6.41. The minimum absolute atomic E-state index is 0.240. The highest BCUT2D eigenvalue weighted by molar-refractivity contribution is 9.10. The predicted molar refractivity (Wildman–Crippen MR) is 63.0 cm³/mol. The van der Waals surface area contributed by atoms with Crippen LogP contribution in [0.3, 0.4) is 0 Å². The highest BCUT2D eigenvalue weighted by Crippen LogP contribution is 2.24. The van der Waals surface area contributed by atoms with Crippen LogP contribution in [-0.2, 0) is 6.54 Å². The average Bonchev–Trinajstić information content (AvgIpc) is 2.32. The maximum atomic E-state index is 13.6. The molecule has 0 bridgehead atoms. The van der Waals surface area contributed by atoms with Gasteiger partial charge in [0, 0.05) is 16.2 Å². The monoisotopic (exact) mass is 281 g/mol. The number of nitrogens with zero attached hydrogens (tertiary/aromatic N) is 2. The minimum atomic E-state index is -0.315. The van der Waals surface area contributed by atoms with E-state index in [1.165, 1.54) is 6.07 Å². The first-order chi connectivity index (χ1) is 7.70. The Morgan fingerprint density at radius 2 is 2.12 bits per heavy atom. The van der Waals surface area contributed by atoms with Gasteiger partial charge < -0.3 is 5.73 Å². The van der Waals surface area contributed by atoms with E-state index in [1.54, 1.807) is 24.4 Å². The van der Waals surface area contributed by atoms with Gasteiger partial charge in [-0.1, -0.05) is 15.9 Å². The molecule has 0 aliphatic rings. The van der Waals surface area contributed by atoms with Crippen LogP contribution >= 0.6 is 15.9 Å². The summed E-state index contributed by atoms with van der Waals surface area (Å²) in [5, 5.41) is 0. The van der Waals surface area contributed by atoms with Gasteiger partial charge in [0.2, 0.25) is 0 Å². The number of halogens is 2. The van der Waals surface area contributed by atoms with Crippen molar-refractivity contribution < 1.29 is 4.39 Å². The quantitative estimate of drug-likeness (QED) is 0.920. The fourth-order valence-corrected chi connectivity index (χ4v) is 1.70. The Morgan fingerprint density at radius 3 is 2.88 bits per heavy atom. The van der Waals surface area contributed by atoms with E-state index in [0.29, 0.717) is 17.1 Å². The normalized spacial score (nSPS) is 10.4. The lowest BCUT2D eigenvalue weighted by molar-refractivity contribution is 0.630. The fourth-order valence-electron chi connectivity index (χ4n) is 1.34. The Morgan fingerprint density at radius 1 is 1.31 bits per heavy atom. The second-order valence-corrected chi connectivity index (χ2v) is 4.10. The summed E-state index contributed by atoms with van der Waals surface area (Å²) >= 11 is 3.29. The van der Waals surface area contributed by atoms with Crippen LogP contribution in [0.15, 0.2) is 34.9 Å². The van der Waals surface area contributed by atoms with Crippen LogP contribution < -0.4 is 5.73 Å². The molecular formula is C11H9BrFN3. The molecule has 1 aromatic carbocycles. The van der Waals surface area contributed by atoms with Crippen molar-refractivity contribution in [3.05, 3.63) is 46.6 Å². The molecule has 3 nitrogen and oxygen atoms in total. The first-order valence-electron chi connectivity index (χ1n) is 4.68. The van der Waals surface area contributed by atoms with Gasteiger partial charge in [0.05, 0.1) is 12.2 Å². The third-order valence-electron chi connectivity index (χ3n) is 2.09. The molecular weight excluding hydrogens is 273 g/mol. The van der Waals surface area contributed by atoms with Gasteiger partial charge in [0.1, 0.15) is 11.6 Å². The Hall–Kier alpha value is -1.33. The Labute approximate surface area is 101 Å². The molecule has 1 heterocycles. The summed E-state index contributed by atoms with van der Waals surface area (Å²) in [5.74, 6) is 0.182. The van der Waals surface area contributed by atoms with Crippen LogP contribution in [0.2, 0.25) is 0 Å². The van der Waals surface area contributed by atoms with E-state index in [2.05, 4.69) is 25.9 Å². The summed E-state index contributed by atoms with van der Waals surface area (Å²) in [6.45, 7) is 0.240. The number of benzene rings is 1. The summed E-state index contributed by atoms with van der Waals surface area (Å²) in [6.07, 6.45) is 1.57. The Balaban J connectivity index is 2.53. The molecule has 0 aliphatic heterocycles. The van der Waals surface area contributed by atoms with Crippen molar-refractivity contribution in [2.45, 2.75) is 6.54 Å². The molecule has 16 heavy (non-hydrogen) atoms. The lowest BCUT2D eigenvalue weighted by Gasteiger charge is -2.04. The lowest BCUT2D eigenvalue weighted by Crippen LogP contribution is -2.03. The van der Waals surface area contributed by atoms with Crippen molar-refractivity contribution in [2.75, 3.05) is 0 Å². The van der Waals surface area contributed by atoms with E-state index >= 15 is 0 Å². The maximum absolute atomic E-state index is 13.6. The number of hydrogen-bond acceptors (Lipinski definition) is 3. The van der Waals surface area contributed by atoms with E-state index in [9.17, 15) is 4.39 Å². The van der Waals surface area contributed by atoms with Crippen molar-refractivity contribution in [3.63, 3.8) is 0 Å². The lowest BCUT2D eigenvalue weighted by atomic mass is 10.1. The number of aromatic nitrogens is 2. The van der Waals surface area contributed by atoms with Gasteiger partial charge in [0.15, 0.2) is 0 Å². The number of nitrogens with two attached hydrogens (primary N) is 1. The van der Waals surface area contributed by atoms with Gasteiger partial charge in [-0.25, -0.2) is 14.4 Å². The summed E-state index contributed by atoms with van der Waals surface area (Å²) in [6, 6.07) is 6.37. The smallest absolute Gasteiger partial charge is 0.142 e. The molecule has 2 rings (SSSR count). The molecule has 82 valence electrons. The van der Waals surface area contributed by atoms with E-state index in [4.69, 9.17) is 5.73 Å². The van der Waals surface area contributed by atoms with E-state index in [0.717, 1.165) is 4.47 Å². The maximum Gasteiger partial charge on any atom is 0.142 e. The SMILES string of the molecule is NCc1nccc(-c2cc(Br)ccc2F)n1. The third-order valence-corrected chi connectivity index (χ3v) is 2.59. The van der Waals surface area contributed by atoms with E-state index in [-0.39, 0.29) is 12.4 Å². The van der Waals surface area contributed by atoms with E-state index in [1.807, 2.05) is 0 Å². The molecule has 0 amide bonds. The molecule has 0 radical (unpaired) electrons. The first-order valence-corrected chi connectivity index (χ1v) is 5.47. The Bertz CT molecular complexity index is 516. The second-order valence-electron chi connectivity index (χ2n) is 3.19. The highest BCUT2D eigenvalue weighted by Gasteiger charge is 2.07. The largest absolute Gasteiger partial charge is 0.324 e. The summed E-state index contributed by atoms with van der Waals surface area (Å²) in [4.78, 5) is 8.13. The molecule has 0 unspecified atom stereocenters. The van der Waals surface area contributed by atoms with Crippen molar-refractivity contribution in [1.29, 1.82) is 0 Å². The molecule has 2 aromatic rings. The van der Waals surface area contributed by atoms with Crippen molar-refractivity contribution in [3.8, 4) is 11.3 Å². The summed E-state index contributed by atoms with van der Waals surface area (Å²) < 4.78 is 14.4. The molecule has 5 heteroatoms. The molecule has 1 aromatic heterocycles. The van der Waals surface area contributed by atoms with Gasteiger partial charge in [-0.15, -0.1) is 0 Å². The third kappa shape index (κ3) is 2.25. The molecule has 0 fully saturated rings.